The molecule has 0 aromatic heterocycles. The summed E-state index contributed by atoms with van der Waals surface area (Å²) in [5.41, 5.74) is 0.879. The molecule has 5 nitrogen and oxygen atoms in total. The lowest BCUT2D eigenvalue weighted by atomic mass is 9.86. The molecule has 1 heterocycles. The summed E-state index contributed by atoms with van der Waals surface area (Å²) in [7, 11) is 3.08. The molecule has 3 rings (SSSR count). The first-order valence-corrected chi connectivity index (χ1v) is 6.97. The van der Waals surface area contributed by atoms with Crippen molar-refractivity contribution in [2.75, 3.05) is 14.2 Å². The van der Waals surface area contributed by atoms with E-state index in [4.69, 9.17) is 13.9 Å². The van der Waals surface area contributed by atoms with Gasteiger partial charge in [-0.05, 0) is 24.3 Å². The maximum atomic E-state index is 11.8. The highest BCUT2D eigenvalue weighted by molar-refractivity contribution is 6.06. The number of aliphatic hydroxyl groups excluding tert-OH is 1. The number of aliphatic hydroxyl groups is 1. The molecule has 114 valence electrons. The molecule has 0 saturated heterocycles. The fourth-order valence-electron chi connectivity index (χ4n) is 2.68. The van der Waals surface area contributed by atoms with Crippen LogP contribution in [-0.4, -0.2) is 43.1 Å². The number of rotatable bonds is 3. The zero-order chi connectivity index (χ0) is 15.7. The van der Waals surface area contributed by atoms with Crippen LogP contribution >= 0.6 is 0 Å². The number of ether oxygens (including phenoxy) is 2. The lowest BCUT2D eigenvalue weighted by Crippen LogP contribution is -2.44. The monoisotopic (exact) mass is 301 g/mol. The van der Waals surface area contributed by atoms with E-state index in [0.717, 1.165) is 11.3 Å². The first kappa shape index (κ1) is 14.7. The van der Waals surface area contributed by atoms with Gasteiger partial charge in [0.2, 0.25) is 0 Å². The molecule has 0 radical (unpaired) electrons. The van der Waals surface area contributed by atoms with Gasteiger partial charge in [0.05, 0.1) is 18.7 Å². The zero-order valence-corrected chi connectivity index (χ0v) is 12.4. The third kappa shape index (κ3) is 2.49. The Labute approximate surface area is 128 Å². The first-order valence-electron chi connectivity index (χ1n) is 6.97. The van der Waals surface area contributed by atoms with E-state index < -0.39 is 18.0 Å². The highest BCUT2D eigenvalue weighted by atomic mass is 16.5. The van der Waals surface area contributed by atoms with Gasteiger partial charge in [0.1, 0.15) is 23.9 Å². The fourth-order valence-corrected chi connectivity index (χ4v) is 2.68. The van der Waals surface area contributed by atoms with Gasteiger partial charge in [0, 0.05) is 13.2 Å². The Bertz CT molecular complexity index is 669. The molecule has 22 heavy (non-hydrogen) atoms. The van der Waals surface area contributed by atoms with E-state index in [9.17, 15) is 9.90 Å². The van der Waals surface area contributed by atoms with E-state index in [0.29, 0.717) is 11.5 Å². The molecular formula is C17H17O5+. The molecule has 1 aromatic carbocycles. The summed E-state index contributed by atoms with van der Waals surface area (Å²) in [5, 5.41) is 9.89. The molecule has 2 aliphatic rings. The van der Waals surface area contributed by atoms with Crippen LogP contribution in [0.2, 0.25) is 0 Å². The summed E-state index contributed by atoms with van der Waals surface area (Å²) >= 11 is 0. The highest BCUT2D eigenvalue weighted by Gasteiger charge is 2.45. The Morgan fingerprint density at radius 1 is 1.18 bits per heavy atom. The molecule has 0 spiro atoms. The van der Waals surface area contributed by atoms with Gasteiger partial charge in [-0.15, -0.1) is 0 Å². The van der Waals surface area contributed by atoms with E-state index >= 15 is 0 Å². The first-order chi connectivity index (χ1) is 10.6. The second-order valence-electron chi connectivity index (χ2n) is 5.17. The SMILES string of the molecule is COc1ccc(C2=[O+]C3=CC(=O)C(O)C(OC)C3C=C2)cc1. The smallest absolute Gasteiger partial charge is 0.359 e. The van der Waals surface area contributed by atoms with E-state index in [2.05, 4.69) is 0 Å². The van der Waals surface area contributed by atoms with Crippen LogP contribution in [0.1, 0.15) is 9.99 Å². The third-order valence-corrected chi connectivity index (χ3v) is 3.90. The van der Waals surface area contributed by atoms with Crippen molar-refractivity contribution >= 4 is 11.6 Å². The second kappa shape index (κ2) is 5.87. The van der Waals surface area contributed by atoms with Crippen molar-refractivity contribution in [3.63, 3.8) is 0 Å². The molecular weight excluding hydrogens is 284 g/mol. The van der Waals surface area contributed by atoms with Gasteiger partial charge in [-0.25, -0.2) is 4.42 Å². The van der Waals surface area contributed by atoms with Gasteiger partial charge in [-0.2, -0.15) is 0 Å². The van der Waals surface area contributed by atoms with E-state index in [1.165, 1.54) is 13.2 Å². The molecule has 3 unspecified atom stereocenters. The van der Waals surface area contributed by atoms with E-state index in [1.54, 1.807) is 7.11 Å². The molecule has 1 N–H and O–H groups in total. The lowest BCUT2D eigenvalue weighted by Gasteiger charge is -2.27. The van der Waals surface area contributed by atoms with Crippen LogP contribution in [0.15, 0.2) is 48.3 Å². The maximum Gasteiger partial charge on any atom is 0.359 e. The van der Waals surface area contributed by atoms with Gasteiger partial charge >= 0.3 is 11.5 Å². The number of methoxy groups -OCH3 is 2. The van der Waals surface area contributed by atoms with E-state index in [-0.39, 0.29) is 5.92 Å². The molecule has 0 amide bonds. The minimum Gasteiger partial charge on any atom is -0.497 e. The van der Waals surface area contributed by atoms with Crippen LogP contribution in [0.3, 0.4) is 0 Å². The summed E-state index contributed by atoms with van der Waals surface area (Å²) in [6.45, 7) is 0. The van der Waals surface area contributed by atoms with Gasteiger partial charge in [0.25, 0.3) is 0 Å². The Kier molecular flexibility index (Phi) is 3.92. The summed E-state index contributed by atoms with van der Waals surface area (Å²) < 4.78 is 16.2. The molecule has 3 atom stereocenters. The fraction of sp³-hybridized carbons (Fsp3) is 0.294. The number of fused-ring (bicyclic) bond motifs is 1. The van der Waals surface area contributed by atoms with E-state index in [1.807, 2.05) is 36.4 Å². The summed E-state index contributed by atoms with van der Waals surface area (Å²) in [6.07, 6.45) is 3.28. The van der Waals surface area contributed by atoms with Crippen LogP contribution in [0.4, 0.5) is 0 Å². The molecule has 5 heteroatoms. The van der Waals surface area contributed by atoms with Crippen molar-refractivity contribution in [3.05, 3.63) is 53.8 Å². The average molecular weight is 301 g/mol. The number of carbonyl (C=O) groups excluding carboxylic acids is 2. The topological polar surface area (TPSA) is 67.1 Å². The Balaban J connectivity index is 1.94. The van der Waals surface area contributed by atoms with Crippen LogP contribution in [0.5, 0.6) is 5.75 Å². The number of allylic oxidation sites excluding steroid dienone is 1. The standard InChI is InChI=1S/C17H17O5/c1-20-11-5-3-10(4-6-11)14-8-7-12-15(22-14)9-13(18)16(19)17(12)21-2/h3-9,12,16-17,19H,1-2H3/q+1. The van der Waals surface area contributed by atoms with Crippen molar-refractivity contribution in [2.24, 2.45) is 5.92 Å². The van der Waals surface area contributed by atoms with Gasteiger partial charge in [-0.1, -0.05) is 6.08 Å². The van der Waals surface area contributed by atoms with Crippen LogP contribution in [-0.2, 0) is 9.53 Å². The highest BCUT2D eigenvalue weighted by Crippen LogP contribution is 2.31. The predicted molar refractivity (Wildman–Crippen MR) is 79.8 cm³/mol. The summed E-state index contributed by atoms with van der Waals surface area (Å²) in [4.78, 5) is 11.8. The Hall–Kier alpha value is -2.24. The average Bonchev–Trinajstić information content (AvgIpc) is 2.56. The van der Waals surface area contributed by atoms with Crippen molar-refractivity contribution in [1.29, 1.82) is 0 Å². The van der Waals surface area contributed by atoms with Crippen LogP contribution < -0.4 is 4.74 Å². The minimum absolute atomic E-state index is 0.264. The Morgan fingerprint density at radius 2 is 1.91 bits per heavy atom. The second-order valence-corrected chi connectivity index (χ2v) is 5.17. The number of ketones is 2. The largest absolute Gasteiger partial charge is 0.497 e. The Morgan fingerprint density at radius 3 is 2.55 bits per heavy atom. The molecule has 1 aromatic rings. The van der Waals surface area contributed by atoms with Crippen LogP contribution in [0, 0.1) is 5.92 Å². The molecule has 1 aliphatic carbocycles. The van der Waals surface area contributed by atoms with Crippen molar-refractivity contribution < 1.29 is 23.8 Å². The van der Waals surface area contributed by atoms with Gasteiger partial charge < -0.3 is 14.6 Å². The molecule has 0 bridgehead atoms. The molecule has 0 saturated carbocycles. The molecule has 1 aliphatic heterocycles. The van der Waals surface area contributed by atoms with Gasteiger partial charge in [-0.3, -0.25) is 4.79 Å². The normalized spacial score (nSPS) is 27.0. The van der Waals surface area contributed by atoms with Crippen LogP contribution in [0.25, 0.3) is 0 Å². The minimum atomic E-state index is -1.16. The van der Waals surface area contributed by atoms with Crippen molar-refractivity contribution in [1.82, 2.24) is 0 Å². The predicted octanol–water partition coefficient (Wildman–Crippen LogP) is 1.44. The van der Waals surface area contributed by atoms with Crippen molar-refractivity contribution in [2.45, 2.75) is 12.2 Å². The summed E-state index contributed by atoms with van der Waals surface area (Å²) in [6, 6.07) is 7.45. The third-order valence-electron chi connectivity index (χ3n) is 3.90. The molecule has 0 fully saturated rings. The number of hydrogen-bond acceptors (Lipinski definition) is 4. The van der Waals surface area contributed by atoms with Crippen molar-refractivity contribution in [3.8, 4) is 5.75 Å². The zero-order valence-electron chi connectivity index (χ0n) is 12.4. The number of benzene rings is 1. The quantitative estimate of drug-likeness (QED) is 0.858. The maximum absolute atomic E-state index is 11.8. The number of hydrogen-bond donors (Lipinski definition) is 1. The van der Waals surface area contributed by atoms with Gasteiger partial charge in [0.15, 0.2) is 5.78 Å². The number of carbonyl (C=O) groups is 1. The summed E-state index contributed by atoms with van der Waals surface area (Å²) in [5.74, 6) is 1.23. The lowest BCUT2D eigenvalue weighted by molar-refractivity contribution is -0.228.